The number of thioether (sulfide) groups is 1. The Morgan fingerprint density at radius 1 is 1.32 bits per heavy atom. The number of thiazole rings is 1. The molecule has 2 aromatic heterocycles. The fraction of sp³-hybridized carbons (Fsp3) is 0.429. The number of hydrogen-bond donors (Lipinski definition) is 1. The van der Waals surface area contributed by atoms with Crippen LogP contribution in [0.3, 0.4) is 0 Å². The average Bonchev–Trinajstić information content (AvgIpc) is 3.38. The first-order chi connectivity index (χ1) is 15.0. The van der Waals surface area contributed by atoms with Gasteiger partial charge in [-0.3, -0.25) is 18.7 Å². The first-order valence-corrected chi connectivity index (χ1v) is 12.5. The summed E-state index contributed by atoms with van der Waals surface area (Å²) in [4.78, 5) is 30.0. The van der Waals surface area contributed by atoms with E-state index in [4.69, 9.17) is 21.9 Å². The van der Waals surface area contributed by atoms with E-state index in [2.05, 4.69) is 5.32 Å². The molecule has 10 heteroatoms. The Balaban J connectivity index is 1.64. The maximum atomic E-state index is 12.9. The Morgan fingerprint density at radius 2 is 2.03 bits per heavy atom. The molecule has 1 aliphatic rings. The number of carbonyl (C=O) groups is 1. The highest BCUT2D eigenvalue weighted by atomic mass is 32.2. The molecular weight excluding hydrogens is 452 g/mol. The lowest BCUT2D eigenvalue weighted by molar-refractivity contribution is -0.119. The Bertz CT molecular complexity index is 1210. The summed E-state index contributed by atoms with van der Waals surface area (Å²) in [6, 6.07) is 7.80. The van der Waals surface area contributed by atoms with E-state index < -0.39 is 0 Å². The molecule has 0 unspecified atom stereocenters. The van der Waals surface area contributed by atoms with Crippen molar-refractivity contribution in [2.75, 3.05) is 12.4 Å². The smallest absolute Gasteiger partial charge is 0.273 e. The van der Waals surface area contributed by atoms with Crippen LogP contribution in [-0.2, 0) is 11.8 Å². The lowest BCUT2D eigenvalue weighted by Crippen LogP contribution is -2.34. The Kier molecular flexibility index (Phi) is 6.78. The quantitative estimate of drug-likeness (QED) is 0.315. The second-order valence-electron chi connectivity index (χ2n) is 7.38. The highest BCUT2D eigenvalue weighted by molar-refractivity contribution is 7.99. The van der Waals surface area contributed by atoms with E-state index >= 15 is 0 Å². The molecule has 0 aliphatic heterocycles. The van der Waals surface area contributed by atoms with Gasteiger partial charge in [-0.1, -0.05) is 35.9 Å². The lowest BCUT2D eigenvalue weighted by atomic mass is 10.2. The van der Waals surface area contributed by atoms with Crippen LogP contribution in [0, 0.1) is 3.95 Å². The zero-order valence-electron chi connectivity index (χ0n) is 17.4. The summed E-state index contributed by atoms with van der Waals surface area (Å²) >= 11 is 8.05. The van der Waals surface area contributed by atoms with Gasteiger partial charge in [0.2, 0.25) is 5.91 Å². The van der Waals surface area contributed by atoms with E-state index in [1.807, 2.05) is 31.2 Å². The van der Waals surface area contributed by atoms with Crippen LogP contribution in [0.5, 0.6) is 5.75 Å². The molecular formula is C21H24N4O3S3. The van der Waals surface area contributed by atoms with Crippen molar-refractivity contribution in [1.82, 2.24) is 19.4 Å². The minimum atomic E-state index is -0.163. The van der Waals surface area contributed by atoms with Gasteiger partial charge in [0.25, 0.3) is 5.56 Å². The monoisotopic (exact) mass is 476 g/mol. The van der Waals surface area contributed by atoms with Crippen LogP contribution in [0.4, 0.5) is 0 Å². The maximum Gasteiger partial charge on any atom is 0.273 e. The zero-order valence-corrected chi connectivity index (χ0v) is 19.9. The number of hydrogen-bond acceptors (Lipinski definition) is 7. The van der Waals surface area contributed by atoms with Gasteiger partial charge in [-0.2, -0.15) is 0 Å². The lowest BCUT2D eigenvalue weighted by Gasteiger charge is -2.12. The van der Waals surface area contributed by atoms with Crippen molar-refractivity contribution in [2.24, 2.45) is 7.05 Å². The largest absolute Gasteiger partial charge is 0.494 e. The van der Waals surface area contributed by atoms with Crippen molar-refractivity contribution in [3.8, 4) is 11.4 Å². The molecule has 1 aromatic carbocycles. The van der Waals surface area contributed by atoms with Gasteiger partial charge in [-0.05, 0) is 56.2 Å². The second-order valence-corrected chi connectivity index (χ2v) is 9.97. The van der Waals surface area contributed by atoms with Crippen LogP contribution in [0.1, 0.15) is 32.6 Å². The van der Waals surface area contributed by atoms with E-state index in [9.17, 15) is 9.59 Å². The predicted octanol–water partition coefficient (Wildman–Crippen LogP) is 4.06. The van der Waals surface area contributed by atoms with Crippen LogP contribution in [0.25, 0.3) is 16.0 Å². The summed E-state index contributed by atoms with van der Waals surface area (Å²) in [6.07, 6.45) is 4.41. The molecule has 2 heterocycles. The molecule has 0 bridgehead atoms. The van der Waals surface area contributed by atoms with Gasteiger partial charge in [0.1, 0.15) is 10.4 Å². The number of ether oxygens (including phenoxy) is 1. The molecule has 1 N–H and O–H groups in total. The van der Waals surface area contributed by atoms with Gasteiger partial charge in [-0.15, -0.1) is 0 Å². The van der Waals surface area contributed by atoms with Gasteiger partial charge < -0.3 is 10.1 Å². The molecule has 164 valence electrons. The van der Waals surface area contributed by atoms with Crippen molar-refractivity contribution in [3.05, 3.63) is 38.6 Å². The fourth-order valence-corrected chi connectivity index (χ4v) is 5.82. The van der Waals surface area contributed by atoms with Crippen LogP contribution >= 0.6 is 35.3 Å². The Hall–Kier alpha value is -2.17. The summed E-state index contributed by atoms with van der Waals surface area (Å²) in [7, 11) is 1.68. The number of benzene rings is 1. The summed E-state index contributed by atoms with van der Waals surface area (Å²) in [5.74, 6) is 0.960. The minimum Gasteiger partial charge on any atom is -0.494 e. The number of carbonyl (C=O) groups excluding carboxylic acids is 1. The van der Waals surface area contributed by atoms with E-state index in [0.29, 0.717) is 26.1 Å². The maximum absolute atomic E-state index is 12.9. The van der Waals surface area contributed by atoms with Crippen LogP contribution in [0.15, 0.2) is 34.2 Å². The number of nitrogens with one attached hydrogen (secondary N) is 1. The highest BCUT2D eigenvalue weighted by Crippen LogP contribution is 2.26. The second kappa shape index (κ2) is 9.54. The molecule has 7 nitrogen and oxygen atoms in total. The number of nitrogens with zero attached hydrogens (tertiary/aromatic N) is 3. The summed E-state index contributed by atoms with van der Waals surface area (Å²) in [5, 5.41) is 3.56. The van der Waals surface area contributed by atoms with Crippen molar-refractivity contribution in [3.63, 3.8) is 0 Å². The summed E-state index contributed by atoms with van der Waals surface area (Å²) in [6.45, 7) is 2.52. The molecule has 0 radical (unpaired) electrons. The molecule has 3 aromatic rings. The van der Waals surface area contributed by atoms with Crippen molar-refractivity contribution in [1.29, 1.82) is 0 Å². The molecule has 1 fully saturated rings. The average molecular weight is 477 g/mol. The molecule has 0 saturated heterocycles. The van der Waals surface area contributed by atoms with Crippen LogP contribution in [-0.4, -0.2) is 38.4 Å². The number of rotatable bonds is 7. The first-order valence-electron chi connectivity index (χ1n) is 10.3. The van der Waals surface area contributed by atoms with Gasteiger partial charge in [-0.25, -0.2) is 4.98 Å². The third-order valence-corrected chi connectivity index (χ3v) is 7.61. The third kappa shape index (κ3) is 4.70. The fourth-order valence-electron chi connectivity index (χ4n) is 3.70. The molecule has 0 atom stereocenters. The molecule has 1 aliphatic carbocycles. The molecule has 1 amide bonds. The van der Waals surface area contributed by atoms with Crippen molar-refractivity contribution in [2.45, 2.75) is 43.8 Å². The normalized spacial score (nSPS) is 14.3. The van der Waals surface area contributed by atoms with Crippen LogP contribution in [0.2, 0.25) is 0 Å². The molecule has 31 heavy (non-hydrogen) atoms. The van der Waals surface area contributed by atoms with E-state index in [0.717, 1.165) is 37.1 Å². The van der Waals surface area contributed by atoms with E-state index in [1.165, 1.54) is 27.7 Å². The predicted molar refractivity (Wildman–Crippen MR) is 127 cm³/mol. The first kappa shape index (κ1) is 22.0. The highest BCUT2D eigenvalue weighted by Gasteiger charge is 2.19. The van der Waals surface area contributed by atoms with E-state index in [-0.39, 0.29) is 23.3 Å². The number of amides is 1. The van der Waals surface area contributed by atoms with E-state index in [1.54, 1.807) is 11.6 Å². The van der Waals surface area contributed by atoms with Gasteiger partial charge in [0, 0.05) is 18.8 Å². The van der Waals surface area contributed by atoms with Crippen molar-refractivity contribution >= 4 is 51.6 Å². The Labute approximate surface area is 193 Å². The van der Waals surface area contributed by atoms with Crippen molar-refractivity contribution < 1.29 is 9.53 Å². The topological polar surface area (TPSA) is 78.1 Å². The summed E-state index contributed by atoms with van der Waals surface area (Å²) < 4.78 is 9.85. The minimum absolute atomic E-state index is 0.0279. The van der Waals surface area contributed by atoms with Gasteiger partial charge in [0.05, 0.1) is 12.4 Å². The van der Waals surface area contributed by atoms with Gasteiger partial charge in [0.15, 0.2) is 14.8 Å². The molecule has 4 rings (SSSR count). The zero-order chi connectivity index (χ0) is 22.0. The van der Waals surface area contributed by atoms with Crippen LogP contribution < -0.4 is 15.6 Å². The molecule has 1 saturated carbocycles. The third-order valence-electron chi connectivity index (χ3n) is 5.23. The van der Waals surface area contributed by atoms with Gasteiger partial charge >= 0.3 is 0 Å². The number of aromatic nitrogens is 3. The standard InChI is InChI=1S/C21H24N4O3S3/c1-3-28-15-10-8-14(9-11-15)25-18-17(31-21(25)29)19(27)24(2)20(23-18)30-12-16(26)22-13-6-4-5-7-13/h8-11,13H,3-7,12H2,1-2H3,(H,22,26). The molecule has 0 spiro atoms. The SMILES string of the molecule is CCOc1ccc(-n2c(=S)sc3c(=O)n(C)c(SCC(=O)NC4CCCC4)nc32)cc1. The summed E-state index contributed by atoms with van der Waals surface area (Å²) in [5.41, 5.74) is 1.17. The Morgan fingerprint density at radius 3 is 2.71 bits per heavy atom. The number of fused-ring (bicyclic) bond motifs is 1.